The van der Waals surface area contributed by atoms with Crippen LogP contribution in [0.3, 0.4) is 0 Å². The van der Waals surface area contributed by atoms with Crippen LogP contribution in [0, 0.1) is 0 Å². The van der Waals surface area contributed by atoms with Crippen molar-refractivity contribution in [1.29, 1.82) is 0 Å². The summed E-state index contributed by atoms with van der Waals surface area (Å²) in [5.74, 6) is 0.0347. The van der Waals surface area contributed by atoms with Crippen molar-refractivity contribution in [1.82, 2.24) is 20.2 Å². The molecular formula is C12H18N4O. The van der Waals surface area contributed by atoms with Crippen molar-refractivity contribution in [2.45, 2.75) is 19.4 Å². The van der Waals surface area contributed by atoms with Crippen molar-refractivity contribution >= 4 is 5.78 Å². The number of nitrogens with one attached hydrogen (secondary N) is 1. The molecule has 1 aliphatic rings. The zero-order chi connectivity index (χ0) is 12.3. The van der Waals surface area contributed by atoms with Crippen LogP contribution in [0.2, 0.25) is 0 Å². The van der Waals surface area contributed by atoms with Gasteiger partial charge in [-0.15, -0.1) is 0 Å². The molecule has 1 N–H and O–H groups in total. The second kappa shape index (κ2) is 4.89. The van der Waals surface area contributed by atoms with E-state index in [0.717, 1.165) is 26.2 Å². The van der Waals surface area contributed by atoms with Gasteiger partial charge in [-0.2, -0.15) is 0 Å². The molecule has 1 aliphatic heterocycles. The fraction of sp³-hybridized carbons (Fsp3) is 0.583. The Hall–Kier alpha value is -1.33. The molecule has 2 heterocycles. The molecule has 5 heteroatoms. The summed E-state index contributed by atoms with van der Waals surface area (Å²) in [6.07, 6.45) is 4.67. The molecule has 1 aromatic heterocycles. The number of hydrogen-bond acceptors (Lipinski definition) is 5. The predicted octanol–water partition coefficient (Wildman–Crippen LogP) is 0.343. The fourth-order valence-corrected chi connectivity index (χ4v) is 2.10. The van der Waals surface area contributed by atoms with Gasteiger partial charge in [0.15, 0.2) is 0 Å². The first-order chi connectivity index (χ1) is 8.12. The average Bonchev–Trinajstić information content (AvgIpc) is 2.40. The maximum Gasteiger partial charge on any atom is 0.202 e. The minimum atomic E-state index is -0.516. The van der Waals surface area contributed by atoms with E-state index in [1.807, 2.05) is 13.8 Å². The van der Waals surface area contributed by atoms with E-state index in [9.17, 15) is 4.79 Å². The van der Waals surface area contributed by atoms with Gasteiger partial charge in [0.05, 0.1) is 11.7 Å². The molecule has 0 aromatic carbocycles. The highest BCUT2D eigenvalue weighted by molar-refractivity contribution is 6.00. The van der Waals surface area contributed by atoms with Crippen LogP contribution in [0.1, 0.15) is 24.3 Å². The lowest BCUT2D eigenvalue weighted by Gasteiger charge is -2.39. The summed E-state index contributed by atoms with van der Waals surface area (Å²) in [5.41, 5.74) is -0.0750. The van der Waals surface area contributed by atoms with Crippen molar-refractivity contribution in [3.63, 3.8) is 0 Å². The van der Waals surface area contributed by atoms with Crippen LogP contribution in [-0.4, -0.2) is 52.4 Å². The fourth-order valence-electron chi connectivity index (χ4n) is 2.10. The quantitative estimate of drug-likeness (QED) is 0.764. The van der Waals surface area contributed by atoms with Crippen molar-refractivity contribution in [2.24, 2.45) is 0 Å². The third-order valence-corrected chi connectivity index (χ3v) is 3.26. The number of rotatable bonds is 3. The molecular weight excluding hydrogens is 216 g/mol. The van der Waals surface area contributed by atoms with Gasteiger partial charge >= 0.3 is 0 Å². The van der Waals surface area contributed by atoms with Crippen molar-refractivity contribution in [2.75, 3.05) is 26.2 Å². The van der Waals surface area contributed by atoms with Gasteiger partial charge in [0, 0.05) is 38.6 Å². The number of carbonyl (C=O) groups excluding carboxylic acids is 1. The van der Waals surface area contributed by atoms with E-state index in [-0.39, 0.29) is 5.78 Å². The third kappa shape index (κ3) is 2.50. The zero-order valence-corrected chi connectivity index (χ0v) is 10.3. The Morgan fingerprint density at radius 1 is 1.35 bits per heavy atom. The van der Waals surface area contributed by atoms with Crippen LogP contribution in [0.25, 0.3) is 0 Å². The Morgan fingerprint density at radius 3 is 2.65 bits per heavy atom. The highest BCUT2D eigenvalue weighted by Crippen LogP contribution is 2.19. The highest BCUT2D eigenvalue weighted by atomic mass is 16.1. The normalized spacial score (nSPS) is 18.0. The summed E-state index contributed by atoms with van der Waals surface area (Å²) in [5, 5.41) is 3.28. The minimum Gasteiger partial charge on any atom is -0.314 e. The molecule has 0 spiro atoms. The molecule has 17 heavy (non-hydrogen) atoms. The minimum absolute atomic E-state index is 0.0347. The Morgan fingerprint density at radius 2 is 2.06 bits per heavy atom. The van der Waals surface area contributed by atoms with Gasteiger partial charge in [-0.05, 0) is 13.8 Å². The smallest absolute Gasteiger partial charge is 0.202 e. The summed E-state index contributed by atoms with van der Waals surface area (Å²) in [4.78, 5) is 22.6. The van der Waals surface area contributed by atoms with Crippen molar-refractivity contribution < 1.29 is 4.79 Å². The Balaban J connectivity index is 2.17. The molecule has 0 saturated carbocycles. The van der Waals surface area contributed by atoms with E-state index in [2.05, 4.69) is 20.2 Å². The number of carbonyl (C=O) groups is 1. The molecule has 5 nitrogen and oxygen atoms in total. The van der Waals surface area contributed by atoms with Crippen molar-refractivity contribution in [3.05, 3.63) is 24.3 Å². The van der Waals surface area contributed by atoms with E-state index in [0.29, 0.717) is 5.69 Å². The largest absolute Gasteiger partial charge is 0.314 e. The number of Topliss-reactive ketones (excluding diaryl/α,β-unsaturated/α-hetero) is 1. The first-order valence-electron chi connectivity index (χ1n) is 5.89. The molecule has 0 unspecified atom stereocenters. The summed E-state index contributed by atoms with van der Waals surface area (Å²) >= 11 is 0. The summed E-state index contributed by atoms with van der Waals surface area (Å²) < 4.78 is 0. The lowest BCUT2D eigenvalue weighted by atomic mass is 9.93. The molecule has 0 radical (unpaired) electrons. The van der Waals surface area contributed by atoms with Crippen LogP contribution < -0.4 is 5.32 Å². The van der Waals surface area contributed by atoms with Crippen molar-refractivity contribution in [3.8, 4) is 0 Å². The Kier molecular flexibility index (Phi) is 3.49. The van der Waals surface area contributed by atoms with E-state index in [4.69, 9.17) is 0 Å². The molecule has 0 amide bonds. The maximum absolute atomic E-state index is 12.4. The van der Waals surface area contributed by atoms with Crippen LogP contribution in [0.4, 0.5) is 0 Å². The molecule has 0 atom stereocenters. The van der Waals surface area contributed by atoms with E-state index in [1.54, 1.807) is 12.4 Å². The van der Waals surface area contributed by atoms with Gasteiger partial charge in [0.2, 0.25) is 5.78 Å². The molecule has 0 bridgehead atoms. The second-order valence-corrected chi connectivity index (χ2v) is 4.72. The summed E-state index contributed by atoms with van der Waals surface area (Å²) in [6, 6.07) is 0. The Bertz CT molecular complexity index is 385. The van der Waals surface area contributed by atoms with Crippen LogP contribution >= 0.6 is 0 Å². The third-order valence-electron chi connectivity index (χ3n) is 3.26. The number of nitrogens with zero attached hydrogens (tertiary/aromatic N) is 3. The van der Waals surface area contributed by atoms with Gasteiger partial charge < -0.3 is 5.32 Å². The molecule has 92 valence electrons. The molecule has 0 aliphatic carbocycles. The van der Waals surface area contributed by atoms with Gasteiger partial charge in [-0.25, -0.2) is 4.98 Å². The molecule has 1 fully saturated rings. The average molecular weight is 234 g/mol. The van der Waals surface area contributed by atoms with Crippen LogP contribution in [-0.2, 0) is 0 Å². The first-order valence-corrected chi connectivity index (χ1v) is 5.89. The Labute approximate surface area is 101 Å². The zero-order valence-electron chi connectivity index (χ0n) is 10.3. The number of ketones is 1. The molecule has 2 rings (SSSR count). The van der Waals surface area contributed by atoms with Crippen LogP contribution in [0.15, 0.2) is 18.6 Å². The standard InChI is InChI=1S/C12H18N4O/c1-12(2,16-7-5-13-6-8-16)11(17)10-9-14-3-4-15-10/h3-4,9,13H,5-8H2,1-2H3. The highest BCUT2D eigenvalue weighted by Gasteiger charge is 2.36. The number of hydrogen-bond donors (Lipinski definition) is 1. The summed E-state index contributed by atoms with van der Waals surface area (Å²) in [6.45, 7) is 7.54. The lowest BCUT2D eigenvalue weighted by Crippen LogP contribution is -2.57. The van der Waals surface area contributed by atoms with E-state index < -0.39 is 5.54 Å². The lowest BCUT2D eigenvalue weighted by molar-refractivity contribution is 0.0597. The SMILES string of the molecule is CC(C)(C(=O)c1cnccn1)N1CCNCC1. The van der Waals surface area contributed by atoms with E-state index in [1.165, 1.54) is 6.20 Å². The van der Waals surface area contributed by atoms with Gasteiger partial charge in [0.25, 0.3) is 0 Å². The van der Waals surface area contributed by atoms with Gasteiger partial charge in [0.1, 0.15) is 5.69 Å². The number of piperazine rings is 1. The van der Waals surface area contributed by atoms with Gasteiger partial charge in [-0.3, -0.25) is 14.7 Å². The van der Waals surface area contributed by atoms with Gasteiger partial charge in [-0.1, -0.05) is 0 Å². The second-order valence-electron chi connectivity index (χ2n) is 4.72. The van der Waals surface area contributed by atoms with Crippen LogP contribution in [0.5, 0.6) is 0 Å². The first kappa shape index (κ1) is 12.1. The maximum atomic E-state index is 12.4. The molecule has 1 saturated heterocycles. The topological polar surface area (TPSA) is 58.1 Å². The number of aromatic nitrogens is 2. The monoisotopic (exact) mass is 234 g/mol. The van der Waals surface area contributed by atoms with E-state index >= 15 is 0 Å². The predicted molar refractivity (Wildman–Crippen MR) is 64.9 cm³/mol. The molecule has 1 aromatic rings. The summed E-state index contributed by atoms with van der Waals surface area (Å²) in [7, 11) is 0.